The lowest BCUT2D eigenvalue weighted by Crippen LogP contribution is -2.36. The largest absolute Gasteiger partial charge is 0.348 e. The Hall–Kier alpha value is -3.19. The van der Waals surface area contributed by atoms with Crippen LogP contribution in [0.4, 0.5) is 0 Å². The number of aryl methyl sites for hydroxylation is 3. The van der Waals surface area contributed by atoms with E-state index in [2.05, 4.69) is 11.4 Å². The van der Waals surface area contributed by atoms with Crippen molar-refractivity contribution in [2.24, 2.45) is 0 Å². The van der Waals surface area contributed by atoms with Crippen LogP contribution in [0, 0.1) is 13.8 Å². The molecule has 0 aliphatic heterocycles. The molecular formula is C24H24N2O4S. The summed E-state index contributed by atoms with van der Waals surface area (Å²) in [5.41, 5.74) is 2.54. The number of aromatic nitrogens is 1. The highest BCUT2D eigenvalue weighted by molar-refractivity contribution is 7.91. The number of fused-ring (bicyclic) bond motifs is 1. The van der Waals surface area contributed by atoms with E-state index in [0.29, 0.717) is 11.3 Å². The van der Waals surface area contributed by atoms with Gasteiger partial charge in [0.2, 0.25) is 15.7 Å². The Balaban J connectivity index is 1.65. The Labute approximate surface area is 181 Å². The van der Waals surface area contributed by atoms with Gasteiger partial charge in [0, 0.05) is 5.69 Å². The zero-order valence-electron chi connectivity index (χ0n) is 17.5. The number of nitrogens with zero attached hydrogens (tertiary/aromatic N) is 1. The molecule has 1 aromatic heterocycles. The van der Waals surface area contributed by atoms with Crippen molar-refractivity contribution < 1.29 is 13.2 Å². The van der Waals surface area contributed by atoms with Crippen LogP contribution in [0.2, 0.25) is 0 Å². The smallest absolute Gasteiger partial charge is 0.270 e. The molecule has 160 valence electrons. The fourth-order valence-corrected chi connectivity index (χ4v) is 5.81. The molecule has 0 spiro atoms. The predicted octanol–water partition coefficient (Wildman–Crippen LogP) is 3.10. The van der Waals surface area contributed by atoms with Crippen LogP contribution >= 0.6 is 0 Å². The van der Waals surface area contributed by atoms with Crippen LogP contribution in [0.1, 0.15) is 34.8 Å². The number of hydrogen-bond acceptors (Lipinski definition) is 4. The molecule has 0 fully saturated rings. The van der Waals surface area contributed by atoms with E-state index >= 15 is 0 Å². The van der Waals surface area contributed by atoms with Crippen molar-refractivity contribution in [3.8, 4) is 0 Å². The second kappa shape index (κ2) is 8.15. The number of carbonyl (C=O) groups is 1. The number of amides is 1. The van der Waals surface area contributed by atoms with E-state index in [-0.39, 0.29) is 28.3 Å². The maximum Gasteiger partial charge on any atom is 0.270 e. The van der Waals surface area contributed by atoms with E-state index in [1.807, 2.05) is 18.2 Å². The molecule has 1 aliphatic rings. The third kappa shape index (κ3) is 3.93. The van der Waals surface area contributed by atoms with Gasteiger partial charge in [-0.3, -0.25) is 9.59 Å². The lowest BCUT2D eigenvalue weighted by atomic mass is 10.1. The SMILES string of the molecule is Cc1cc(C)n(CC(=O)N[C@@H]2CCc3ccccc32)c(=O)c1S(=O)(=O)c1ccccc1. The normalized spacial score (nSPS) is 15.5. The highest BCUT2D eigenvalue weighted by Crippen LogP contribution is 2.30. The minimum Gasteiger partial charge on any atom is -0.348 e. The fourth-order valence-electron chi connectivity index (χ4n) is 4.24. The van der Waals surface area contributed by atoms with Crippen molar-refractivity contribution >= 4 is 15.7 Å². The molecule has 1 amide bonds. The van der Waals surface area contributed by atoms with Gasteiger partial charge in [-0.1, -0.05) is 42.5 Å². The topological polar surface area (TPSA) is 85.2 Å². The summed E-state index contributed by atoms with van der Waals surface area (Å²) in [6, 6.07) is 17.4. The molecule has 0 saturated heterocycles. The van der Waals surface area contributed by atoms with Gasteiger partial charge in [0.1, 0.15) is 11.4 Å². The van der Waals surface area contributed by atoms with E-state index in [1.165, 1.54) is 22.3 Å². The van der Waals surface area contributed by atoms with Gasteiger partial charge in [-0.25, -0.2) is 8.42 Å². The average Bonchev–Trinajstić information content (AvgIpc) is 3.14. The van der Waals surface area contributed by atoms with Crippen LogP contribution in [0.3, 0.4) is 0 Å². The Morgan fingerprint density at radius 1 is 1.06 bits per heavy atom. The van der Waals surface area contributed by atoms with Crippen molar-refractivity contribution in [2.45, 2.75) is 49.1 Å². The third-order valence-electron chi connectivity index (χ3n) is 5.74. The maximum absolute atomic E-state index is 13.2. The van der Waals surface area contributed by atoms with Gasteiger partial charge < -0.3 is 9.88 Å². The van der Waals surface area contributed by atoms with Crippen LogP contribution in [-0.4, -0.2) is 18.9 Å². The van der Waals surface area contributed by atoms with E-state index in [9.17, 15) is 18.0 Å². The highest BCUT2D eigenvalue weighted by Gasteiger charge is 2.27. The number of hydrogen-bond donors (Lipinski definition) is 1. The Morgan fingerprint density at radius 2 is 1.74 bits per heavy atom. The second-order valence-corrected chi connectivity index (χ2v) is 9.75. The van der Waals surface area contributed by atoms with Crippen molar-refractivity contribution in [2.75, 3.05) is 0 Å². The minimum atomic E-state index is -4.00. The standard InChI is InChI=1S/C24H24N2O4S/c1-16-14-17(2)26(24(28)23(16)31(29,30)19-9-4-3-5-10-19)15-22(27)25-21-13-12-18-8-6-7-11-20(18)21/h3-11,14,21H,12-13,15H2,1-2H3,(H,25,27)/t21-/m1/s1. The van der Waals surface area contributed by atoms with E-state index < -0.39 is 15.4 Å². The summed E-state index contributed by atoms with van der Waals surface area (Å²) in [6.07, 6.45) is 1.70. The van der Waals surface area contributed by atoms with Gasteiger partial charge in [0.05, 0.1) is 10.9 Å². The molecule has 4 rings (SSSR count). The number of rotatable bonds is 5. The van der Waals surface area contributed by atoms with Crippen LogP contribution in [0.25, 0.3) is 0 Å². The molecule has 1 atom stereocenters. The van der Waals surface area contributed by atoms with Crippen LogP contribution < -0.4 is 10.9 Å². The summed E-state index contributed by atoms with van der Waals surface area (Å²) in [7, 11) is -4.00. The Bertz CT molecular complexity index is 1310. The fraction of sp³-hybridized carbons (Fsp3) is 0.250. The first kappa shape index (κ1) is 21.1. The molecule has 0 saturated carbocycles. The van der Waals surface area contributed by atoms with Crippen molar-refractivity contribution in [3.63, 3.8) is 0 Å². The molecule has 0 bridgehead atoms. The van der Waals surface area contributed by atoms with Gasteiger partial charge in [-0.05, 0) is 61.6 Å². The summed E-state index contributed by atoms with van der Waals surface area (Å²) >= 11 is 0. The maximum atomic E-state index is 13.2. The molecule has 3 aromatic rings. The zero-order chi connectivity index (χ0) is 22.2. The molecule has 1 aliphatic carbocycles. The van der Waals surface area contributed by atoms with Crippen molar-refractivity contribution in [1.29, 1.82) is 0 Å². The number of sulfone groups is 1. The predicted molar refractivity (Wildman–Crippen MR) is 118 cm³/mol. The summed E-state index contributed by atoms with van der Waals surface area (Å²) < 4.78 is 27.5. The molecule has 0 unspecified atom stereocenters. The van der Waals surface area contributed by atoms with Gasteiger partial charge in [0.15, 0.2) is 0 Å². The van der Waals surface area contributed by atoms with Crippen molar-refractivity contribution in [3.05, 3.63) is 93.4 Å². The van der Waals surface area contributed by atoms with Gasteiger partial charge in [-0.2, -0.15) is 0 Å². The average molecular weight is 437 g/mol. The van der Waals surface area contributed by atoms with Gasteiger partial charge in [-0.15, -0.1) is 0 Å². The van der Waals surface area contributed by atoms with Crippen LogP contribution in [0.5, 0.6) is 0 Å². The molecule has 7 heteroatoms. The quantitative estimate of drug-likeness (QED) is 0.666. The van der Waals surface area contributed by atoms with E-state index in [1.54, 1.807) is 38.1 Å². The molecule has 1 N–H and O–H groups in total. The van der Waals surface area contributed by atoms with Crippen LogP contribution in [0.15, 0.2) is 75.2 Å². The van der Waals surface area contributed by atoms with Crippen LogP contribution in [-0.2, 0) is 27.6 Å². The lowest BCUT2D eigenvalue weighted by molar-refractivity contribution is -0.122. The monoisotopic (exact) mass is 436 g/mol. The first-order valence-corrected chi connectivity index (χ1v) is 11.7. The molecule has 31 heavy (non-hydrogen) atoms. The first-order valence-electron chi connectivity index (χ1n) is 10.2. The number of nitrogens with one attached hydrogen (secondary N) is 1. The van der Waals surface area contributed by atoms with E-state index in [0.717, 1.165) is 18.4 Å². The molecule has 0 radical (unpaired) electrons. The molecular weight excluding hydrogens is 412 g/mol. The number of carbonyl (C=O) groups excluding carboxylic acids is 1. The van der Waals surface area contributed by atoms with Gasteiger partial charge >= 0.3 is 0 Å². The molecule has 1 heterocycles. The summed E-state index contributed by atoms with van der Waals surface area (Å²) in [5.74, 6) is -0.321. The summed E-state index contributed by atoms with van der Waals surface area (Å²) in [4.78, 5) is 25.7. The van der Waals surface area contributed by atoms with Crippen molar-refractivity contribution in [1.82, 2.24) is 9.88 Å². The molecule has 6 nitrogen and oxygen atoms in total. The summed E-state index contributed by atoms with van der Waals surface area (Å²) in [6.45, 7) is 3.07. The minimum absolute atomic E-state index is 0.0533. The highest BCUT2D eigenvalue weighted by atomic mass is 32.2. The first-order chi connectivity index (χ1) is 14.8. The van der Waals surface area contributed by atoms with E-state index in [4.69, 9.17) is 0 Å². The molecule has 2 aromatic carbocycles. The third-order valence-corrected chi connectivity index (χ3v) is 7.67. The number of pyridine rings is 1. The second-order valence-electron chi connectivity index (χ2n) is 7.86. The zero-order valence-corrected chi connectivity index (χ0v) is 18.3. The summed E-state index contributed by atoms with van der Waals surface area (Å²) in [5, 5.41) is 2.99. The number of benzene rings is 2. The van der Waals surface area contributed by atoms with Gasteiger partial charge in [0.25, 0.3) is 5.56 Å². The lowest BCUT2D eigenvalue weighted by Gasteiger charge is -2.17. The Morgan fingerprint density at radius 3 is 2.48 bits per heavy atom. The Kier molecular flexibility index (Phi) is 5.54.